The van der Waals surface area contributed by atoms with E-state index in [0.29, 0.717) is 19.6 Å². The van der Waals surface area contributed by atoms with E-state index in [4.69, 9.17) is 9.84 Å². The highest BCUT2D eigenvalue weighted by Crippen LogP contribution is 2.24. The molecule has 5 nitrogen and oxygen atoms in total. The normalized spacial score (nSPS) is 13.9. The van der Waals surface area contributed by atoms with Crippen molar-refractivity contribution < 1.29 is 19.7 Å². The number of rotatable bonds is 9. The van der Waals surface area contributed by atoms with E-state index in [-0.39, 0.29) is 12.5 Å². The van der Waals surface area contributed by atoms with Gasteiger partial charge in [-0.1, -0.05) is 23.8 Å². The molecule has 2 unspecified atom stereocenters. The van der Waals surface area contributed by atoms with Crippen molar-refractivity contribution in [1.29, 1.82) is 0 Å². The second kappa shape index (κ2) is 8.77. The molecule has 0 saturated carbocycles. The molecule has 118 valence electrons. The Balaban J connectivity index is 2.83. The number of ether oxygens (including phenoxy) is 1. The average Bonchev–Trinajstić information content (AvgIpc) is 2.44. The molecular formula is C16H25NO4. The van der Waals surface area contributed by atoms with Crippen molar-refractivity contribution in [2.24, 2.45) is 0 Å². The molecular weight excluding hydrogens is 270 g/mol. The number of carboxylic acids is 1. The number of carbonyl (C=O) groups is 1. The van der Waals surface area contributed by atoms with Crippen LogP contribution in [0.2, 0.25) is 0 Å². The first-order chi connectivity index (χ1) is 9.95. The molecule has 1 aromatic rings. The van der Waals surface area contributed by atoms with Crippen LogP contribution in [0.5, 0.6) is 0 Å². The lowest BCUT2D eigenvalue weighted by Crippen LogP contribution is -2.37. The van der Waals surface area contributed by atoms with Gasteiger partial charge in [-0.2, -0.15) is 0 Å². The van der Waals surface area contributed by atoms with E-state index in [1.54, 1.807) is 7.11 Å². The maximum atomic E-state index is 10.8. The number of hydrogen-bond acceptors (Lipinski definition) is 4. The molecule has 5 heteroatoms. The van der Waals surface area contributed by atoms with Gasteiger partial charge in [-0.05, 0) is 31.4 Å². The van der Waals surface area contributed by atoms with Crippen molar-refractivity contribution in [3.8, 4) is 0 Å². The zero-order valence-corrected chi connectivity index (χ0v) is 12.9. The summed E-state index contributed by atoms with van der Waals surface area (Å²) in [5.41, 5.74) is 2.92. The maximum absolute atomic E-state index is 10.8. The van der Waals surface area contributed by atoms with E-state index < -0.39 is 12.1 Å². The summed E-state index contributed by atoms with van der Waals surface area (Å²) in [7, 11) is 1.61. The minimum Gasteiger partial charge on any atom is -0.481 e. The largest absolute Gasteiger partial charge is 0.481 e. The van der Waals surface area contributed by atoms with Gasteiger partial charge in [0.2, 0.25) is 0 Å². The Hall–Kier alpha value is -1.43. The third-order valence-corrected chi connectivity index (χ3v) is 3.52. The molecule has 0 aromatic heterocycles. The number of benzene rings is 1. The highest BCUT2D eigenvalue weighted by molar-refractivity contribution is 5.66. The molecule has 21 heavy (non-hydrogen) atoms. The molecule has 0 radical (unpaired) electrons. The standard InChI is InChI=1S/C16H25NO4/c1-11-4-5-12(2)13(10-11)16(20)14(6-7-15(18)19)17-8-9-21-3/h4-5,10,14,16-17,20H,6-9H2,1-3H3,(H,18,19). The van der Waals surface area contributed by atoms with Crippen molar-refractivity contribution in [3.63, 3.8) is 0 Å². The number of carboxylic acid groups (broad SMARTS) is 1. The van der Waals surface area contributed by atoms with Crippen LogP contribution in [0.4, 0.5) is 0 Å². The van der Waals surface area contributed by atoms with Crippen LogP contribution in [0.3, 0.4) is 0 Å². The summed E-state index contributed by atoms with van der Waals surface area (Å²) in [5.74, 6) is -0.860. The number of aliphatic carboxylic acids is 1. The van der Waals surface area contributed by atoms with Crippen molar-refractivity contribution in [1.82, 2.24) is 5.32 Å². The molecule has 0 heterocycles. The molecule has 0 aliphatic rings. The molecule has 2 atom stereocenters. The predicted molar refractivity (Wildman–Crippen MR) is 81.4 cm³/mol. The second-order valence-corrected chi connectivity index (χ2v) is 5.29. The third kappa shape index (κ3) is 5.83. The van der Waals surface area contributed by atoms with Gasteiger partial charge in [-0.25, -0.2) is 0 Å². The van der Waals surface area contributed by atoms with Gasteiger partial charge in [0.25, 0.3) is 0 Å². The topological polar surface area (TPSA) is 78.8 Å². The van der Waals surface area contributed by atoms with Crippen LogP contribution in [0.1, 0.15) is 35.6 Å². The van der Waals surface area contributed by atoms with E-state index in [1.807, 2.05) is 32.0 Å². The molecule has 3 N–H and O–H groups in total. The number of methoxy groups -OCH3 is 1. The average molecular weight is 295 g/mol. The van der Waals surface area contributed by atoms with Gasteiger partial charge >= 0.3 is 5.97 Å². The Morgan fingerprint density at radius 2 is 2.10 bits per heavy atom. The van der Waals surface area contributed by atoms with Crippen LogP contribution in [0.25, 0.3) is 0 Å². The minimum absolute atomic E-state index is 0.0204. The van der Waals surface area contributed by atoms with Crippen molar-refractivity contribution >= 4 is 5.97 Å². The quantitative estimate of drug-likeness (QED) is 0.606. The number of aliphatic hydroxyl groups excluding tert-OH is 1. The second-order valence-electron chi connectivity index (χ2n) is 5.29. The highest BCUT2D eigenvalue weighted by atomic mass is 16.5. The summed E-state index contributed by atoms with van der Waals surface area (Å²) in [4.78, 5) is 10.8. The lowest BCUT2D eigenvalue weighted by atomic mass is 9.93. The molecule has 0 fully saturated rings. The van der Waals surface area contributed by atoms with Crippen molar-refractivity contribution in [2.75, 3.05) is 20.3 Å². The fourth-order valence-corrected chi connectivity index (χ4v) is 2.29. The van der Waals surface area contributed by atoms with Crippen LogP contribution in [0, 0.1) is 13.8 Å². The maximum Gasteiger partial charge on any atom is 0.303 e. The van der Waals surface area contributed by atoms with E-state index >= 15 is 0 Å². The minimum atomic E-state index is -0.860. The van der Waals surface area contributed by atoms with Crippen LogP contribution in [-0.4, -0.2) is 42.5 Å². The van der Waals surface area contributed by atoms with Crippen molar-refractivity contribution in [2.45, 2.75) is 38.8 Å². The Kier molecular flexibility index (Phi) is 7.36. The van der Waals surface area contributed by atoms with E-state index in [2.05, 4.69) is 5.32 Å². The fraction of sp³-hybridized carbons (Fsp3) is 0.562. The zero-order valence-electron chi connectivity index (χ0n) is 12.9. The van der Waals surface area contributed by atoms with Crippen LogP contribution < -0.4 is 5.32 Å². The highest BCUT2D eigenvalue weighted by Gasteiger charge is 2.22. The van der Waals surface area contributed by atoms with E-state index in [1.165, 1.54) is 0 Å². The van der Waals surface area contributed by atoms with Gasteiger partial charge in [0.05, 0.1) is 12.7 Å². The smallest absolute Gasteiger partial charge is 0.303 e. The summed E-state index contributed by atoms with van der Waals surface area (Å²) in [6.45, 7) is 5.01. The Bertz CT molecular complexity index is 462. The molecule has 0 saturated heterocycles. The summed E-state index contributed by atoms with van der Waals surface area (Å²) in [6, 6.07) is 5.61. The molecule has 0 amide bonds. The van der Waals surface area contributed by atoms with E-state index in [9.17, 15) is 9.90 Å². The Labute approximate surface area is 125 Å². The monoisotopic (exact) mass is 295 g/mol. The Morgan fingerprint density at radius 3 is 2.71 bits per heavy atom. The summed E-state index contributed by atoms with van der Waals surface area (Å²) in [6.07, 6.45) is -0.346. The first-order valence-corrected chi connectivity index (χ1v) is 7.15. The van der Waals surface area contributed by atoms with Crippen LogP contribution in [-0.2, 0) is 9.53 Å². The lowest BCUT2D eigenvalue weighted by molar-refractivity contribution is -0.137. The summed E-state index contributed by atoms with van der Waals surface area (Å²) in [5, 5.41) is 22.6. The third-order valence-electron chi connectivity index (χ3n) is 3.52. The van der Waals surface area contributed by atoms with Gasteiger partial charge in [-0.15, -0.1) is 0 Å². The summed E-state index contributed by atoms with van der Waals surface area (Å²) >= 11 is 0. The zero-order chi connectivity index (χ0) is 15.8. The molecule has 1 rings (SSSR count). The van der Waals surface area contributed by atoms with Crippen molar-refractivity contribution in [3.05, 3.63) is 34.9 Å². The summed E-state index contributed by atoms with van der Waals surface area (Å²) < 4.78 is 4.99. The van der Waals surface area contributed by atoms with E-state index in [0.717, 1.165) is 16.7 Å². The van der Waals surface area contributed by atoms with Crippen LogP contribution >= 0.6 is 0 Å². The number of nitrogens with one attached hydrogen (secondary N) is 1. The fourth-order valence-electron chi connectivity index (χ4n) is 2.29. The number of aryl methyl sites for hydroxylation is 2. The first-order valence-electron chi connectivity index (χ1n) is 7.15. The van der Waals surface area contributed by atoms with Gasteiger partial charge in [0.15, 0.2) is 0 Å². The van der Waals surface area contributed by atoms with Gasteiger partial charge in [0, 0.05) is 26.1 Å². The lowest BCUT2D eigenvalue weighted by Gasteiger charge is -2.25. The molecule has 1 aromatic carbocycles. The number of aliphatic hydroxyl groups is 1. The molecule has 0 spiro atoms. The molecule has 0 aliphatic carbocycles. The van der Waals surface area contributed by atoms with Crippen LogP contribution in [0.15, 0.2) is 18.2 Å². The Morgan fingerprint density at radius 1 is 1.38 bits per heavy atom. The molecule has 0 bridgehead atoms. The number of hydrogen-bond donors (Lipinski definition) is 3. The SMILES string of the molecule is COCCNC(CCC(=O)O)C(O)c1cc(C)ccc1C. The predicted octanol–water partition coefficient (Wildman–Crippen LogP) is 1.81. The van der Waals surface area contributed by atoms with Gasteiger partial charge in [0.1, 0.15) is 0 Å². The van der Waals surface area contributed by atoms with Gasteiger partial charge < -0.3 is 20.3 Å². The molecule has 0 aliphatic heterocycles. The first kappa shape index (κ1) is 17.6. The van der Waals surface area contributed by atoms with Gasteiger partial charge in [-0.3, -0.25) is 4.79 Å².